The van der Waals surface area contributed by atoms with E-state index in [1.807, 2.05) is 29.2 Å². The number of hydrogen-bond donors (Lipinski definition) is 1. The molecule has 2 heterocycles. The summed E-state index contributed by atoms with van der Waals surface area (Å²) in [6.07, 6.45) is 5.29. The number of carbonyl (C=O) groups excluding carboxylic acids is 2. The lowest BCUT2D eigenvalue weighted by Crippen LogP contribution is -2.54. The highest BCUT2D eigenvalue weighted by molar-refractivity contribution is 5.86. The predicted molar refractivity (Wildman–Crippen MR) is 175 cm³/mol. The molecule has 2 amide bonds. The molecule has 45 heavy (non-hydrogen) atoms. The molecule has 0 radical (unpaired) electrons. The number of benzene rings is 3. The van der Waals surface area contributed by atoms with Crippen LogP contribution in [0.3, 0.4) is 0 Å². The van der Waals surface area contributed by atoms with E-state index in [-0.39, 0.29) is 36.4 Å². The van der Waals surface area contributed by atoms with Crippen molar-refractivity contribution in [1.82, 2.24) is 14.4 Å². The summed E-state index contributed by atoms with van der Waals surface area (Å²) in [7, 11) is 1.73. The zero-order chi connectivity index (χ0) is 30.9. The lowest BCUT2D eigenvalue weighted by Gasteiger charge is -2.37. The van der Waals surface area contributed by atoms with Gasteiger partial charge in [-0.15, -0.1) is 0 Å². The first-order valence-electron chi connectivity index (χ1n) is 16.2. The third kappa shape index (κ3) is 5.97. The lowest BCUT2D eigenvalue weighted by molar-refractivity contribution is -0.138. The second kappa shape index (κ2) is 12.7. The van der Waals surface area contributed by atoms with E-state index >= 15 is 0 Å². The first-order valence-corrected chi connectivity index (χ1v) is 16.2. The van der Waals surface area contributed by atoms with Crippen molar-refractivity contribution in [3.63, 3.8) is 0 Å². The second-order valence-electron chi connectivity index (χ2n) is 12.8. The van der Waals surface area contributed by atoms with E-state index in [0.717, 1.165) is 31.4 Å². The minimum atomic E-state index is -0.401. The maximum atomic E-state index is 14.2. The van der Waals surface area contributed by atoms with Crippen LogP contribution in [-0.2, 0) is 27.4 Å². The lowest BCUT2D eigenvalue weighted by atomic mass is 9.93. The summed E-state index contributed by atoms with van der Waals surface area (Å²) in [6, 6.07) is 25.0. The molecule has 0 bridgehead atoms. The van der Waals surface area contributed by atoms with Gasteiger partial charge in [0, 0.05) is 75.0 Å². The molecule has 7 rings (SSSR count). The zero-order valence-electron chi connectivity index (χ0n) is 25.9. The Morgan fingerprint density at radius 1 is 0.933 bits per heavy atom. The van der Waals surface area contributed by atoms with Crippen molar-refractivity contribution in [2.45, 2.75) is 56.8 Å². The van der Waals surface area contributed by atoms with Crippen molar-refractivity contribution in [2.75, 3.05) is 33.4 Å². The topological polar surface area (TPSA) is 90.0 Å². The number of nitrogens with zero attached hydrogens (tertiary/aromatic N) is 3. The summed E-state index contributed by atoms with van der Waals surface area (Å²) in [5.41, 5.74) is 13.5. The molecule has 1 saturated carbocycles. The molecular weight excluding hydrogens is 564 g/mol. The van der Waals surface area contributed by atoms with Gasteiger partial charge in [-0.1, -0.05) is 66.7 Å². The van der Waals surface area contributed by atoms with Gasteiger partial charge in [-0.3, -0.25) is 4.79 Å². The number of piperidine rings is 1. The maximum absolute atomic E-state index is 14.2. The number of aryl methyl sites for hydroxylation is 1. The van der Waals surface area contributed by atoms with Crippen molar-refractivity contribution >= 4 is 22.9 Å². The van der Waals surface area contributed by atoms with Gasteiger partial charge in [-0.05, 0) is 59.6 Å². The number of aromatic nitrogens is 1. The minimum absolute atomic E-state index is 0.0146. The number of rotatable bonds is 10. The smallest absolute Gasteiger partial charge is 0.409 e. The van der Waals surface area contributed by atoms with Gasteiger partial charge in [0.1, 0.15) is 6.61 Å². The molecule has 2 atom stereocenters. The van der Waals surface area contributed by atoms with E-state index in [2.05, 4.69) is 59.3 Å². The quantitative estimate of drug-likeness (QED) is 0.232. The number of para-hydroxylation sites is 1. The summed E-state index contributed by atoms with van der Waals surface area (Å²) in [5, 5.41) is 1.17. The summed E-state index contributed by atoms with van der Waals surface area (Å²) in [5.74, 6) is -0.288. The Balaban J connectivity index is 1.04. The first-order chi connectivity index (χ1) is 22.0. The van der Waals surface area contributed by atoms with Crippen LogP contribution in [0.1, 0.15) is 48.3 Å². The summed E-state index contributed by atoms with van der Waals surface area (Å²) in [4.78, 5) is 31.3. The van der Waals surface area contributed by atoms with Gasteiger partial charge in [-0.2, -0.15) is 0 Å². The number of fused-ring (bicyclic) bond motifs is 4. The number of ether oxygens (including phenoxy) is 2. The Kier molecular flexibility index (Phi) is 8.34. The van der Waals surface area contributed by atoms with Crippen LogP contribution in [0.4, 0.5) is 4.79 Å². The van der Waals surface area contributed by atoms with Crippen molar-refractivity contribution in [2.24, 2.45) is 11.7 Å². The second-order valence-corrected chi connectivity index (χ2v) is 12.8. The predicted octanol–water partition coefficient (Wildman–Crippen LogP) is 5.77. The van der Waals surface area contributed by atoms with Gasteiger partial charge in [0.25, 0.3) is 0 Å². The van der Waals surface area contributed by atoms with Gasteiger partial charge >= 0.3 is 6.09 Å². The first kappa shape index (κ1) is 29.6. The Morgan fingerprint density at radius 3 is 2.33 bits per heavy atom. The van der Waals surface area contributed by atoms with Gasteiger partial charge in [0.05, 0.1) is 5.92 Å². The van der Waals surface area contributed by atoms with Crippen LogP contribution in [0.25, 0.3) is 22.0 Å². The molecule has 2 aliphatic carbocycles. The third-order valence-electron chi connectivity index (χ3n) is 9.66. The molecule has 2 N–H and O–H groups in total. The Hall–Kier alpha value is -4.14. The third-order valence-corrected chi connectivity index (χ3v) is 9.66. The van der Waals surface area contributed by atoms with Crippen LogP contribution >= 0.6 is 0 Å². The van der Waals surface area contributed by atoms with E-state index < -0.39 is 6.09 Å². The molecule has 0 spiro atoms. The maximum Gasteiger partial charge on any atom is 0.409 e. The molecular formula is C37H42N4O4. The largest absolute Gasteiger partial charge is 0.448 e. The van der Waals surface area contributed by atoms with Gasteiger partial charge in [0.2, 0.25) is 5.91 Å². The fourth-order valence-corrected chi connectivity index (χ4v) is 7.36. The van der Waals surface area contributed by atoms with E-state index in [4.69, 9.17) is 15.2 Å². The van der Waals surface area contributed by atoms with Crippen LogP contribution in [0.15, 0.2) is 79.0 Å². The number of carbonyl (C=O) groups is 2. The summed E-state index contributed by atoms with van der Waals surface area (Å²) >= 11 is 0. The fraction of sp³-hybridized carbons (Fsp3) is 0.405. The van der Waals surface area contributed by atoms with Crippen LogP contribution in [0, 0.1) is 5.92 Å². The number of hydrogen-bond acceptors (Lipinski definition) is 5. The zero-order valence-corrected chi connectivity index (χ0v) is 25.9. The molecule has 234 valence electrons. The molecule has 1 aliphatic heterocycles. The standard InChI is InChI=1S/C37H42N4O4/c1-44-18-8-17-39-21-26(29-9-6-7-14-35(29)39)22-41(28-15-16-28)36(42)25-19-27(38)23-40(20-25)37(43)45-24-34-32-12-4-2-10-30(32)31-11-3-5-13-33(31)34/h2-7,9-14,21,25,27-28,34H,8,15-20,22-24,38H2,1H3/t25-,27+/m0/s1. The molecule has 3 aliphatic rings. The Morgan fingerprint density at radius 2 is 1.62 bits per heavy atom. The molecule has 1 aromatic heterocycles. The number of likely N-dealkylation sites (tertiary alicyclic amines) is 1. The van der Waals surface area contributed by atoms with Crippen LogP contribution in [0.5, 0.6) is 0 Å². The molecule has 8 nitrogen and oxygen atoms in total. The van der Waals surface area contributed by atoms with E-state index in [1.54, 1.807) is 12.0 Å². The SMILES string of the molecule is COCCCn1cc(CN(C(=O)[C@H]2C[C@@H](N)CN(C(=O)OCC3c4ccccc4-c4ccccc43)C2)C2CC2)c2ccccc21. The number of nitrogens with two attached hydrogens (primary N) is 1. The molecule has 8 heteroatoms. The van der Waals surface area contributed by atoms with Crippen molar-refractivity contribution < 1.29 is 19.1 Å². The molecule has 0 unspecified atom stereocenters. The molecule has 2 fully saturated rings. The Bertz CT molecular complexity index is 1650. The molecule has 1 saturated heterocycles. The highest BCUT2D eigenvalue weighted by Crippen LogP contribution is 2.44. The van der Waals surface area contributed by atoms with Gasteiger partial charge in [-0.25, -0.2) is 4.79 Å². The monoisotopic (exact) mass is 606 g/mol. The van der Waals surface area contributed by atoms with Gasteiger partial charge < -0.3 is 29.6 Å². The normalized spacial score (nSPS) is 19.4. The van der Waals surface area contributed by atoms with Crippen LogP contribution < -0.4 is 5.73 Å². The van der Waals surface area contributed by atoms with E-state index in [1.165, 1.54) is 33.2 Å². The highest BCUT2D eigenvalue weighted by Gasteiger charge is 2.40. The van der Waals surface area contributed by atoms with Crippen molar-refractivity contribution in [1.29, 1.82) is 0 Å². The molecule has 3 aromatic carbocycles. The van der Waals surface area contributed by atoms with Crippen LogP contribution in [-0.4, -0.2) is 71.9 Å². The fourth-order valence-electron chi connectivity index (χ4n) is 7.36. The van der Waals surface area contributed by atoms with Crippen molar-refractivity contribution in [3.05, 3.63) is 95.7 Å². The van der Waals surface area contributed by atoms with Crippen molar-refractivity contribution in [3.8, 4) is 11.1 Å². The average Bonchev–Trinajstić information content (AvgIpc) is 3.78. The van der Waals surface area contributed by atoms with E-state index in [0.29, 0.717) is 32.7 Å². The van der Waals surface area contributed by atoms with E-state index in [9.17, 15) is 9.59 Å². The molecule has 4 aromatic rings. The average molecular weight is 607 g/mol. The summed E-state index contributed by atoms with van der Waals surface area (Å²) in [6.45, 7) is 3.08. The number of methoxy groups -OCH3 is 1. The number of amides is 2. The highest BCUT2D eigenvalue weighted by atomic mass is 16.6. The van der Waals surface area contributed by atoms with Crippen LogP contribution in [0.2, 0.25) is 0 Å². The van der Waals surface area contributed by atoms with Gasteiger partial charge in [0.15, 0.2) is 0 Å². The Labute approximate surface area is 264 Å². The minimum Gasteiger partial charge on any atom is -0.448 e. The summed E-state index contributed by atoms with van der Waals surface area (Å²) < 4.78 is 13.5.